The van der Waals surface area contributed by atoms with Crippen LogP contribution in [-0.2, 0) is 51.2 Å². The summed E-state index contributed by atoms with van der Waals surface area (Å²) in [5.74, 6) is -8.52. The van der Waals surface area contributed by atoms with E-state index in [1.807, 2.05) is 0 Å². The Morgan fingerprint density at radius 2 is 1.34 bits per heavy atom. The van der Waals surface area contributed by atoms with E-state index in [0.29, 0.717) is 11.3 Å². The van der Waals surface area contributed by atoms with Crippen molar-refractivity contribution in [2.75, 3.05) is 13.1 Å². The molecule has 16 N–H and O–H groups in total. The fourth-order valence-corrected chi connectivity index (χ4v) is 5.40. The Kier molecular flexibility index (Phi) is 19.8. The minimum atomic E-state index is -1.56. The van der Waals surface area contributed by atoms with Crippen LogP contribution in [0.4, 0.5) is 0 Å². The van der Waals surface area contributed by atoms with Crippen LogP contribution in [0, 0.1) is 5.92 Å². The minimum Gasteiger partial charge on any atom is -0.508 e. The highest BCUT2D eigenvalue weighted by molar-refractivity contribution is 5.97. The number of aliphatic imine (C=N–C) groups is 1. The summed E-state index contributed by atoms with van der Waals surface area (Å²) in [6, 6.07) is -2.07. The van der Waals surface area contributed by atoms with Gasteiger partial charge in [0.1, 0.15) is 42.5 Å². The third kappa shape index (κ3) is 17.9. The highest BCUT2D eigenvalue weighted by atomic mass is 16.4. The number of hydrogen-bond donors (Lipinski definition) is 13. The highest BCUT2D eigenvalue weighted by Gasteiger charge is 2.33. The number of guanidine groups is 1. The van der Waals surface area contributed by atoms with E-state index in [2.05, 4.69) is 46.9 Å². The molecule has 324 valence electrons. The van der Waals surface area contributed by atoms with Crippen LogP contribution >= 0.6 is 0 Å². The first kappa shape index (κ1) is 48.4. The number of carboxylic acids is 2. The molecule has 0 unspecified atom stereocenters. The van der Waals surface area contributed by atoms with Crippen LogP contribution in [0.2, 0.25) is 0 Å². The lowest BCUT2D eigenvalue weighted by atomic mass is 10.0. The number of phenols is 1. The molecule has 0 aliphatic carbocycles. The second-order valence-corrected chi connectivity index (χ2v) is 13.9. The van der Waals surface area contributed by atoms with Crippen molar-refractivity contribution in [3.8, 4) is 5.75 Å². The van der Waals surface area contributed by atoms with Crippen LogP contribution in [0.25, 0.3) is 0 Å². The third-order valence-electron chi connectivity index (χ3n) is 8.61. The summed E-state index contributed by atoms with van der Waals surface area (Å²) in [6.45, 7) is 3.79. The number of hydrogen-bond acceptors (Lipinski definition) is 12. The fraction of sp³-hybridized carbons (Fsp3) is 0.500. The topological polar surface area (TPSA) is 389 Å². The van der Waals surface area contributed by atoms with Crippen LogP contribution in [0.3, 0.4) is 0 Å². The summed E-state index contributed by atoms with van der Waals surface area (Å²) in [7, 11) is 0. The first-order chi connectivity index (χ1) is 27.8. The van der Waals surface area contributed by atoms with Crippen LogP contribution in [0.15, 0.2) is 41.8 Å². The summed E-state index contributed by atoms with van der Waals surface area (Å²) < 4.78 is 0. The molecule has 0 aliphatic rings. The van der Waals surface area contributed by atoms with Gasteiger partial charge in [0, 0.05) is 37.7 Å². The van der Waals surface area contributed by atoms with Gasteiger partial charge in [-0.1, -0.05) is 26.0 Å². The number of aromatic nitrogens is 2. The van der Waals surface area contributed by atoms with Gasteiger partial charge in [-0.2, -0.15) is 0 Å². The molecule has 2 aromatic rings. The number of imidazole rings is 1. The number of aromatic amines is 1. The van der Waals surface area contributed by atoms with Crippen molar-refractivity contribution in [2.24, 2.45) is 28.1 Å². The van der Waals surface area contributed by atoms with E-state index in [9.17, 15) is 48.6 Å². The lowest BCUT2D eigenvalue weighted by Crippen LogP contribution is -2.59. The first-order valence-electron chi connectivity index (χ1n) is 18.6. The summed E-state index contributed by atoms with van der Waals surface area (Å²) >= 11 is 0. The van der Waals surface area contributed by atoms with Gasteiger partial charge in [0.05, 0.1) is 12.4 Å². The first-order valence-corrected chi connectivity index (χ1v) is 18.6. The third-order valence-corrected chi connectivity index (χ3v) is 8.61. The van der Waals surface area contributed by atoms with Crippen LogP contribution in [0.5, 0.6) is 5.75 Å². The minimum absolute atomic E-state index is 0.0369. The SMILES string of the molecule is CC(C)[C@H](NC(=O)[C@H](CCCN=C(N)N)NC(=O)[C@H](CCC(=O)O)NC(=O)[C@H](C)NC(=O)[C@H](Cc1ccc(O)cc1)NC(=O)[C@@H](N)Cc1cnc[nH]1)C(=O)NCC(=O)O. The number of aromatic hydroxyl groups is 1. The van der Waals surface area contributed by atoms with E-state index in [4.69, 9.17) is 22.3 Å². The van der Waals surface area contributed by atoms with Crippen LogP contribution in [0.1, 0.15) is 57.7 Å². The van der Waals surface area contributed by atoms with E-state index in [1.54, 1.807) is 13.8 Å². The number of aliphatic carboxylic acids is 2. The quantitative estimate of drug-likeness (QED) is 0.0262. The predicted molar refractivity (Wildman–Crippen MR) is 210 cm³/mol. The monoisotopic (exact) mass is 830 g/mol. The van der Waals surface area contributed by atoms with Crippen molar-refractivity contribution in [1.82, 2.24) is 41.9 Å². The van der Waals surface area contributed by atoms with Crippen LogP contribution < -0.4 is 49.1 Å². The van der Waals surface area contributed by atoms with E-state index < -0.39 is 109 Å². The van der Waals surface area contributed by atoms with E-state index in [-0.39, 0.29) is 43.9 Å². The number of amides is 6. The van der Waals surface area contributed by atoms with Crippen molar-refractivity contribution < 1.29 is 53.7 Å². The molecule has 1 aromatic carbocycles. The number of carbonyl (C=O) groups excluding carboxylic acids is 6. The number of carbonyl (C=O) groups is 8. The van der Waals surface area contributed by atoms with Crippen molar-refractivity contribution in [3.63, 3.8) is 0 Å². The molecule has 0 spiro atoms. The van der Waals surface area contributed by atoms with Gasteiger partial charge in [-0.05, 0) is 49.8 Å². The standard InChI is InChI=1S/C36H54N12O11/c1-18(2)29(35(59)42-16-28(52)53)48-33(57)24(5-4-12-41-36(38)39)46-32(56)25(10-11-27(50)51)45-30(54)19(3)44-34(58)26(13-20-6-8-22(49)9-7-20)47-31(55)23(37)14-21-15-40-17-43-21/h6-9,15,17-19,23-26,29,49H,4-5,10-14,16,37H2,1-3H3,(H,40,43)(H,42,59)(H,44,58)(H,45,54)(H,46,56)(H,47,55)(H,48,57)(H,50,51)(H,52,53)(H4,38,39,41)/t19-,23-,24-,25-,26-,29-/m0/s1. The molecule has 0 bridgehead atoms. The average Bonchev–Trinajstić information content (AvgIpc) is 3.68. The molecule has 0 aliphatic heterocycles. The zero-order valence-corrected chi connectivity index (χ0v) is 32.9. The van der Waals surface area contributed by atoms with E-state index in [1.165, 1.54) is 43.7 Å². The number of nitrogens with two attached hydrogens (primary N) is 3. The molecule has 0 fully saturated rings. The molecule has 0 saturated carbocycles. The molecular formula is C36H54N12O11. The van der Waals surface area contributed by atoms with Gasteiger partial charge in [0.25, 0.3) is 0 Å². The summed E-state index contributed by atoms with van der Waals surface area (Å²) in [6.07, 6.45) is 1.87. The molecule has 6 atom stereocenters. The molecule has 59 heavy (non-hydrogen) atoms. The maximum absolute atomic E-state index is 13.7. The molecule has 6 amide bonds. The van der Waals surface area contributed by atoms with Gasteiger partial charge in [0.15, 0.2) is 5.96 Å². The summed E-state index contributed by atoms with van der Waals surface area (Å²) in [5, 5.41) is 42.7. The van der Waals surface area contributed by atoms with Gasteiger partial charge in [-0.15, -0.1) is 0 Å². The lowest BCUT2D eigenvalue weighted by Gasteiger charge is -2.27. The maximum Gasteiger partial charge on any atom is 0.322 e. The number of nitrogens with zero attached hydrogens (tertiary/aromatic N) is 2. The lowest BCUT2D eigenvalue weighted by molar-refractivity contribution is -0.139. The zero-order chi connectivity index (χ0) is 44.2. The summed E-state index contributed by atoms with van der Waals surface area (Å²) in [5.41, 5.74) is 17.9. The van der Waals surface area contributed by atoms with Gasteiger partial charge < -0.3 is 69.4 Å². The van der Waals surface area contributed by atoms with Gasteiger partial charge >= 0.3 is 11.9 Å². The van der Waals surface area contributed by atoms with Crippen molar-refractivity contribution in [1.29, 1.82) is 0 Å². The number of benzene rings is 1. The van der Waals surface area contributed by atoms with Crippen molar-refractivity contribution >= 4 is 53.3 Å². The Balaban J connectivity index is 2.27. The molecular weight excluding hydrogens is 776 g/mol. The molecule has 1 heterocycles. The Bertz CT molecular complexity index is 1780. The fourth-order valence-electron chi connectivity index (χ4n) is 5.40. The van der Waals surface area contributed by atoms with Gasteiger partial charge in [-0.25, -0.2) is 4.98 Å². The maximum atomic E-state index is 13.7. The normalized spacial score (nSPS) is 13.9. The largest absolute Gasteiger partial charge is 0.508 e. The predicted octanol–water partition coefficient (Wildman–Crippen LogP) is -3.55. The number of carboxylic acid groups (broad SMARTS) is 2. The Morgan fingerprint density at radius 3 is 1.92 bits per heavy atom. The van der Waals surface area contributed by atoms with E-state index in [0.717, 1.165) is 0 Å². The molecule has 0 saturated heterocycles. The van der Waals surface area contributed by atoms with Crippen molar-refractivity contribution in [2.45, 2.75) is 95.5 Å². The molecule has 23 nitrogen and oxygen atoms in total. The van der Waals surface area contributed by atoms with Crippen LogP contribution in [-0.4, -0.2) is 128 Å². The number of rotatable bonds is 25. The second kappa shape index (κ2) is 24.1. The van der Waals surface area contributed by atoms with E-state index >= 15 is 0 Å². The Hall–Kier alpha value is -6.78. The smallest absolute Gasteiger partial charge is 0.322 e. The molecule has 23 heteroatoms. The van der Waals surface area contributed by atoms with Gasteiger partial charge in [0.2, 0.25) is 35.4 Å². The Labute approximate surface area is 339 Å². The number of nitrogens with one attached hydrogen (secondary N) is 7. The Morgan fingerprint density at radius 1 is 0.746 bits per heavy atom. The highest BCUT2D eigenvalue weighted by Crippen LogP contribution is 2.13. The molecule has 2 rings (SSSR count). The van der Waals surface area contributed by atoms with Gasteiger partial charge in [-0.3, -0.25) is 43.3 Å². The molecule has 0 radical (unpaired) electrons. The second-order valence-electron chi connectivity index (χ2n) is 13.9. The van der Waals surface area contributed by atoms with Crippen molar-refractivity contribution in [3.05, 3.63) is 48.0 Å². The summed E-state index contributed by atoms with van der Waals surface area (Å²) in [4.78, 5) is 113. The average molecular weight is 831 g/mol. The number of H-pyrrole nitrogens is 1. The number of phenolic OH excluding ortho intramolecular Hbond substituents is 1. The molecule has 1 aromatic heterocycles. The zero-order valence-electron chi connectivity index (χ0n) is 32.9.